The van der Waals surface area contributed by atoms with Crippen LogP contribution in [0.5, 0.6) is 0 Å². The van der Waals surface area contributed by atoms with Gasteiger partial charge in [-0.05, 0) is 54.4 Å². The van der Waals surface area contributed by atoms with Gasteiger partial charge in [-0.15, -0.1) is 0 Å². The summed E-state index contributed by atoms with van der Waals surface area (Å²) >= 11 is 3.45. The third kappa shape index (κ3) is 4.51. The van der Waals surface area contributed by atoms with Crippen LogP contribution in [0, 0.1) is 0 Å². The lowest BCUT2D eigenvalue weighted by atomic mass is 9.77. The first-order valence-corrected chi connectivity index (χ1v) is 8.97. The molecule has 1 unspecified atom stereocenters. The minimum absolute atomic E-state index is 0.0161. The summed E-state index contributed by atoms with van der Waals surface area (Å²) in [6.07, 6.45) is 9.02. The number of aromatic nitrogens is 1. The summed E-state index contributed by atoms with van der Waals surface area (Å²) in [7, 11) is 0. The van der Waals surface area contributed by atoms with E-state index in [1.165, 1.54) is 19.3 Å². The Morgan fingerprint density at radius 2 is 2.05 bits per heavy atom. The quantitative estimate of drug-likeness (QED) is 0.800. The van der Waals surface area contributed by atoms with Gasteiger partial charge in [0.2, 0.25) is 0 Å². The van der Waals surface area contributed by atoms with Gasteiger partial charge in [-0.2, -0.15) is 0 Å². The van der Waals surface area contributed by atoms with Gasteiger partial charge in [-0.3, -0.25) is 4.98 Å². The lowest BCUT2D eigenvalue weighted by Gasteiger charge is -2.43. The largest absolute Gasteiger partial charge is 0.374 e. The molecule has 1 aliphatic rings. The molecule has 2 rings (SSSR count). The molecule has 1 atom stereocenters. The SMILES string of the molecule is CCNC(Cc1ccc(Br)cn1)C1(OCC)CCCCC1. The zero-order chi connectivity index (χ0) is 15.1. The second-order valence-electron chi connectivity index (χ2n) is 5.84. The summed E-state index contributed by atoms with van der Waals surface area (Å²) in [6.45, 7) is 6.04. The van der Waals surface area contributed by atoms with Gasteiger partial charge >= 0.3 is 0 Å². The van der Waals surface area contributed by atoms with E-state index in [-0.39, 0.29) is 5.60 Å². The van der Waals surface area contributed by atoms with E-state index >= 15 is 0 Å². The van der Waals surface area contributed by atoms with E-state index in [4.69, 9.17) is 4.74 Å². The summed E-state index contributed by atoms with van der Waals surface area (Å²) in [5.74, 6) is 0. The van der Waals surface area contributed by atoms with Gasteiger partial charge in [0.1, 0.15) is 0 Å². The van der Waals surface area contributed by atoms with Crippen LogP contribution < -0.4 is 5.32 Å². The van der Waals surface area contributed by atoms with Crippen LogP contribution >= 0.6 is 15.9 Å². The van der Waals surface area contributed by atoms with Crippen molar-refractivity contribution in [3.8, 4) is 0 Å². The van der Waals surface area contributed by atoms with E-state index < -0.39 is 0 Å². The molecule has 1 saturated carbocycles. The third-order valence-corrected chi connectivity index (χ3v) is 4.89. The Balaban J connectivity index is 2.16. The van der Waals surface area contributed by atoms with Gasteiger partial charge in [0.15, 0.2) is 0 Å². The number of hydrogen-bond donors (Lipinski definition) is 1. The van der Waals surface area contributed by atoms with E-state index in [0.717, 1.165) is 42.6 Å². The average molecular weight is 355 g/mol. The Bertz CT molecular complexity index is 410. The van der Waals surface area contributed by atoms with Crippen molar-refractivity contribution in [3.05, 3.63) is 28.5 Å². The van der Waals surface area contributed by atoms with E-state index in [9.17, 15) is 0 Å². The summed E-state index contributed by atoms with van der Waals surface area (Å²) in [6, 6.07) is 4.52. The zero-order valence-corrected chi connectivity index (χ0v) is 14.8. The number of nitrogens with one attached hydrogen (secondary N) is 1. The smallest absolute Gasteiger partial charge is 0.0838 e. The maximum absolute atomic E-state index is 6.28. The lowest BCUT2D eigenvalue weighted by molar-refractivity contribution is -0.0896. The van der Waals surface area contributed by atoms with E-state index in [1.807, 2.05) is 6.20 Å². The van der Waals surface area contributed by atoms with Gasteiger partial charge in [0.25, 0.3) is 0 Å². The molecule has 0 radical (unpaired) electrons. The minimum Gasteiger partial charge on any atom is -0.374 e. The fraction of sp³-hybridized carbons (Fsp3) is 0.706. The normalized spacial score (nSPS) is 19.4. The van der Waals surface area contributed by atoms with Crippen LogP contribution in [-0.2, 0) is 11.2 Å². The van der Waals surface area contributed by atoms with Crippen molar-refractivity contribution in [2.45, 2.75) is 64.0 Å². The number of nitrogens with zero attached hydrogens (tertiary/aromatic N) is 1. The summed E-state index contributed by atoms with van der Waals surface area (Å²) in [5, 5.41) is 3.66. The fourth-order valence-corrected chi connectivity index (χ4v) is 3.69. The van der Waals surface area contributed by atoms with Gasteiger partial charge in [0, 0.05) is 35.4 Å². The molecule has 0 spiro atoms. The number of hydrogen-bond acceptors (Lipinski definition) is 3. The second kappa shape index (κ2) is 8.25. The molecule has 1 aliphatic carbocycles. The molecule has 21 heavy (non-hydrogen) atoms. The third-order valence-electron chi connectivity index (χ3n) is 4.42. The molecule has 0 saturated heterocycles. The van der Waals surface area contributed by atoms with Crippen LogP contribution in [-0.4, -0.2) is 29.8 Å². The number of ether oxygens (including phenoxy) is 1. The van der Waals surface area contributed by atoms with Crippen molar-refractivity contribution in [3.63, 3.8) is 0 Å². The summed E-state index contributed by atoms with van der Waals surface area (Å²) < 4.78 is 7.31. The Morgan fingerprint density at radius 1 is 1.29 bits per heavy atom. The molecule has 1 fully saturated rings. The van der Waals surface area contributed by atoms with Gasteiger partial charge in [-0.25, -0.2) is 0 Å². The molecule has 0 aromatic carbocycles. The van der Waals surface area contributed by atoms with Crippen LogP contribution in [0.3, 0.4) is 0 Å². The predicted molar refractivity (Wildman–Crippen MR) is 90.5 cm³/mol. The first-order chi connectivity index (χ1) is 10.2. The van der Waals surface area contributed by atoms with Crippen LogP contribution in [0.15, 0.2) is 22.8 Å². The highest BCUT2D eigenvalue weighted by atomic mass is 79.9. The van der Waals surface area contributed by atoms with Crippen molar-refractivity contribution in [2.24, 2.45) is 0 Å². The van der Waals surface area contributed by atoms with Crippen LogP contribution in [0.1, 0.15) is 51.6 Å². The predicted octanol–water partition coefficient (Wildman–Crippen LogP) is 4.10. The van der Waals surface area contributed by atoms with E-state index in [2.05, 4.69) is 52.2 Å². The molecule has 1 aromatic rings. The van der Waals surface area contributed by atoms with Gasteiger partial charge in [-0.1, -0.05) is 26.2 Å². The van der Waals surface area contributed by atoms with E-state index in [0.29, 0.717) is 6.04 Å². The molecule has 118 valence electrons. The first-order valence-electron chi connectivity index (χ1n) is 8.18. The van der Waals surface area contributed by atoms with Crippen LogP contribution in [0.25, 0.3) is 0 Å². The monoisotopic (exact) mass is 354 g/mol. The highest BCUT2D eigenvalue weighted by Gasteiger charge is 2.40. The number of rotatable bonds is 7. The van der Waals surface area contributed by atoms with Gasteiger partial charge in [0.05, 0.1) is 5.60 Å². The van der Waals surface area contributed by atoms with Crippen molar-refractivity contribution in [2.75, 3.05) is 13.2 Å². The average Bonchev–Trinajstić information content (AvgIpc) is 2.50. The van der Waals surface area contributed by atoms with Crippen molar-refractivity contribution < 1.29 is 4.74 Å². The molecule has 0 bridgehead atoms. The Kier molecular flexibility index (Phi) is 6.65. The van der Waals surface area contributed by atoms with Crippen molar-refractivity contribution >= 4 is 15.9 Å². The molecule has 3 nitrogen and oxygen atoms in total. The maximum Gasteiger partial charge on any atom is 0.0838 e. The fourth-order valence-electron chi connectivity index (χ4n) is 3.46. The van der Waals surface area contributed by atoms with Crippen molar-refractivity contribution in [1.29, 1.82) is 0 Å². The molecule has 1 aromatic heterocycles. The zero-order valence-electron chi connectivity index (χ0n) is 13.2. The number of pyridine rings is 1. The molecule has 0 amide bonds. The topological polar surface area (TPSA) is 34.2 Å². The molecule has 1 N–H and O–H groups in total. The molecular weight excluding hydrogens is 328 g/mol. The maximum atomic E-state index is 6.28. The Morgan fingerprint density at radius 3 is 2.62 bits per heavy atom. The lowest BCUT2D eigenvalue weighted by Crippen LogP contribution is -2.55. The minimum atomic E-state index is -0.0161. The first kappa shape index (κ1) is 16.9. The Hall–Kier alpha value is -0.450. The summed E-state index contributed by atoms with van der Waals surface area (Å²) in [4.78, 5) is 4.54. The summed E-state index contributed by atoms with van der Waals surface area (Å²) in [5.41, 5.74) is 1.12. The molecule has 4 heteroatoms. The van der Waals surface area contributed by atoms with Crippen LogP contribution in [0.2, 0.25) is 0 Å². The van der Waals surface area contributed by atoms with Gasteiger partial charge < -0.3 is 10.1 Å². The van der Waals surface area contributed by atoms with Crippen LogP contribution in [0.4, 0.5) is 0 Å². The Labute approximate surface area is 137 Å². The standard InChI is InChI=1S/C17H27BrN2O/c1-3-19-16(12-15-9-8-14(18)13-20-15)17(21-4-2)10-6-5-7-11-17/h8-9,13,16,19H,3-7,10-12H2,1-2H3. The highest BCUT2D eigenvalue weighted by Crippen LogP contribution is 2.35. The highest BCUT2D eigenvalue weighted by molar-refractivity contribution is 9.10. The van der Waals surface area contributed by atoms with Crippen molar-refractivity contribution in [1.82, 2.24) is 10.3 Å². The number of halogens is 1. The number of likely N-dealkylation sites (N-methyl/N-ethyl adjacent to an activating group) is 1. The second-order valence-corrected chi connectivity index (χ2v) is 6.76. The molecule has 0 aliphatic heterocycles. The van der Waals surface area contributed by atoms with E-state index in [1.54, 1.807) is 0 Å². The molecule has 1 heterocycles. The molecular formula is C17H27BrN2O.